The van der Waals surface area contributed by atoms with Crippen molar-refractivity contribution < 1.29 is 19.1 Å². The Labute approximate surface area is 136 Å². The first-order valence-electron chi connectivity index (χ1n) is 7.91. The SMILES string of the molecule is COc1ccc(OC[C@H]2CCCN(C(=O)CCC(N)=O)C2)cc1. The monoisotopic (exact) mass is 320 g/mol. The molecule has 0 unspecified atom stereocenters. The molecule has 1 atom stereocenters. The number of likely N-dealkylation sites (tertiary alicyclic amines) is 1. The number of carbonyl (C=O) groups is 2. The molecule has 1 heterocycles. The van der Waals surface area contributed by atoms with Gasteiger partial charge in [-0.2, -0.15) is 0 Å². The lowest BCUT2D eigenvalue weighted by Gasteiger charge is -2.32. The first-order valence-corrected chi connectivity index (χ1v) is 7.91. The smallest absolute Gasteiger partial charge is 0.223 e. The second-order valence-corrected chi connectivity index (χ2v) is 5.80. The van der Waals surface area contributed by atoms with Crippen LogP contribution in [-0.2, 0) is 9.59 Å². The van der Waals surface area contributed by atoms with Gasteiger partial charge < -0.3 is 20.1 Å². The second-order valence-electron chi connectivity index (χ2n) is 5.80. The van der Waals surface area contributed by atoms with Gasteiger partial charge in [-0.3, -0.25) is 9.59 Å². The van der Waals surface area contributed by atoms with Gasteiger partial charge in [0.25, 0.3) is 0 Å². The number of benzene rings is 1. The van der Waals surface area contributed by atoms with E-state index in [1.807, 2.05) is 29.2 Å². The van der Waals surface area contributed by atoms with Crippen LogP contribution in [0.25, 0.3) is 0 Å². The zero-order valence-electron chi connectivity index (χ0n) is 13.5. The summed E-state index contributed by atoms with van der Waals surface area (Å²) in [5.74, 6) is 1.46. The van der Waals surface area contributed by atoms with Crippen molar-refractivity contribution in [3.05, 3.63) is 24.3 Å². The fourth-order valence-electron chi connectivity index (χ4n) is 2.70. The number of rotatable bonds is 7. The van der Waals surface area contributed by atoms with Gasteiger partial charge in [-0.15, -0.1) is 0 Å². The van der Waals surface area contributed by atoms with Crippen molar-refractivity contribution in [2.75, 3.05) is 26.8 Å². The third-order valence-electron chi connectivity index (χ3n) is 4.00. The van der Waals surface area contributed by atoms with E-state index < -0.39 is 5.91 Å². The molecule has 6 nitrogen and oxygen atoms in total. The Kier molecular flexibility index (Phi) is 6.26. The molecule has 1 aromatic rings. The van der Waals surface area contributed by atoms with Crippen molar-refractivity contribution in [3.63, 3.8) is 0 Å². The summed E-state index contributed by atoms with van der Waals surface area (Å²) in [6.07, 6.45) is 2.30. The van der Waals surface area contributed by atoms with Crippen LogP contribution < -0.4 is 15.2 Å². The maximum atomic E-state index is 12.1. The Balaban J connectivity index is 1.78. The molecule has 1 aromatic carbocycles. The highest BCUT2D eigenvalue weighted by Gasteiger charge is 2.24. The summed E-state index contributed by atoms with van der Waals surface area (Å²) < 4.78 is 10.9. The maximum Gasteiger partial charge on any atom is 0.223 e. The van der Waals surface area contributed by atoms with Gasteiger partial charge in [-0.1, -0.05) is 0 Å². The lowest BCUT2D eigenvalue weighted by Crippen LogP contribution is -2.41. The van der Waals surface area contributed by atoms with Crippen molar-refractivity contribution in [3.8, 4) is 11.5 Å². The number of methoxy groups -OCH3 is 1. The van der Waals surface area contributed by atoms with Crippen molar-refractivity contribution in [2.45, 2.75) is 25.7 Å². The summed E-state index contributed by atoms with van der Waals surface area (Å²) in [5.41, 5.74) is 5.09. The number of hydrogen-bond donors (Lipinski definition) is 1. The highest BCUT2D eigenvalue weighted by molar-refractivity contribution is 5.82. The largest absolute Gasteiger partial charge is 0.497 e. The maximum absolute atomic E-state index is 12.1. The van der Waals surface area contributed by atoms with Crippen molar-refractivity contribution >= 4 is 11.8 Å². The van der Waals surface area contributed by atoms with Gasteiger partial charge in [0.1, 0.15) is 11.5 Å². The number of piperidine rings is 1. The molecule has 2 amide bonds. The third-order valence-corrected chi connectivity index (χ3v) is 4.00. The number of ether oxygens (including phenoxy) is 2. The van der Waals surface area contributed by atoms with E-state index in [0.717, 1.165) is 30.9 Å². The normalized spacial score (nSPS) is 17.6. The third kappa shape index (κ3) is 5.47. The van der Waals surface area contributed by atoms with E-state index in [2.05, 4.69) is 0 Å². The van der Waals surface area contributed by atoms with Gasteiger partial charge in [-0.05, 0) is 37.1 Å². The molecule has 2 N–H and O–H groups in total. The van der Waals surface area contributed by atoms with E-state index in [4.69, 9.17) is 15.2 Å². The summed E-state index contributed by atoms with van der Waals surface area (Å²) >= 11 is 0. The standard InChI is InChI=1S/C17H24N2O4/c1-22-14-4-6-15(7-5-14)23-12-13-3-2-10-19(11-13)17(21)9-8-16(18)20/h4-7,13H,2-3,8-12H2,1H3,(H2,18,20)/t13-/m0/s1. The Morgan fingerprint density at radius 3 is 2.57 bits per heavy atom. The van der Waals surface area contributed by atoms with Gasteiger partial charge in [-0.25, -0.2) is 0 Å². The predicted molar refractivity (Wildman–Crippen MR) is 86.2 cm³/mol. The highest BCUT2D eigenvalue weighted by Crippen LogP contribution is 2.21. The first-order chi connectivity index (χ1) is 11.1. The summed E-state index contributed by atoms with van der Waals surface area (Å²) in [7, 11) is 1.63. The minimum atomic E-state index is -0.435. The van der Waals surface area contributed by atoms with Gasteiger partial charge in [0.05, 0.1) is 13.7 Å². The van der Waals surface area contributed by atoms with Gasteiger partial charge in [0, 0.05) is 31.8 Å². The molecule has 126 valence electrons. The van der Waals surface area contributed by atoms with Gasteiger partial charge >= 0.3 is 0 Å². The minimum absolute atomic E-state index is 0.00190. The molecule has 1 aliphatic rings. The number of primary amides is 1. The molecule has 2 rings (SSSR count). The lowest BCUT2D eigenvalue weighted by atomic mass is 9.98. The molecule has 0 radical (unpaired) electrons. The Morgan fingerprint density at radius 1 is 1.22 bits per heavy atom. The van der Waals surface area contributed by atoms with Gasteiger partial charge in [0.2, 0.25) is 11.8 Å². The fourth-order valence-corrected chi connectivity index (χ4v) is 2.70. The molecule has 0 saturated carbocycles. The number of hydrogen-bond acceptors (Lipinski definition) is 4. The van der Waals surface area contributed by atoms with E-state index in [1.54, 1.807) is 7.11 Å². The van der Waals surface area contributed by atoms with E-state index in [-0.39, 0.29) is 18.7 Å². The van der Waals surface area contributed by atoms with Crippen LogP contribution in [0.15, 0.2) is 24.3 Å². The van der Waals surface area contributed by atoms with Crippen LogP contribution in [0.2, 0.25) is 0 Å². The Morgan fingerprint density at radius 2 is 1.91 bits per heavy atom. The predicted octanol–water partition coefficient (Wildman–Crippen LogP) is 1.58. The van der Waals surface area contributed by atoms with E-state index in [9.17, 15) is 9.59 Å². The zero-order valence-corrected chi connectivity index (χ0v) is 13.5. The summed E-state index contributed by atoms with van der Waals surface area (Å²) in [5, 5.41) is 0. The molecule has 1 saturated heterocycles. The lowest BCUT2D eigenvalue weighted by molar-refractivity contribution is -0.134. The summed E-state index contributed by atoms with van der Waals surface area (Å²) in [6, 6.07) is 7.46. The Bertz CT molecular complexity index is 530. The quantitative estimate of drug-likeness (QED) is 0.827. The van der Waals surface area contributed by atoms with Crippen molar-refractivity contribution in [1.82, 2.24) is 4.90 Å². The molecule has 0 aromatic heterocycles. The number of nitrogens with two attached hydrogens (primary N) is 1. The Hall–Kier alpha value is -2.24. The van der Waals surface area contributed by atoms with Crippen LogP contribution in [0.5, 0.6) is 11.5 Å². The van der Waals surface area contributed by atoms with Crippen LogP contribution in [0.3, 0.4) is 0 Å². The molecule has 1 fully saturated rings. The van der Waals surface area contributed by atoms with Gasteiger partial charge in [0.15, 0.2) is 0 Å². The molecular weight excluding hydrogens is 296 g/mol. The zero-order chi connectivity index (χ0) is 16.7. The summed E-state index contributed by atoms with van der Waals surface area (Å²) in [6.45, 7) is 2.00. The highest BCUT2D eigenvalue weighted by atomic mass is 16.5. The molecule has 0 spiro atoms. The van der Waals surface area contributed by atoms with Crippen LogP contribution in [0.4, 0.5) is 0 Å². The van der Waals surface area contributed by atoms with Crippen LogP contribution in [-0.4, -0.2) is 43.5 Å². The van der Waals surface area contributed by atoms with Crippen molar-refractivity contribution in [2.24, 2.45) is 11.7 Å². The average Bonchev–Trinajstić information content (AvgIpc) is 2.58. The van der Waals surface area contributed by atoms with Crippen LogP contribution in [0, 0.1) is 5.92 Å². The average molecular weight is 320 g/mol. The number of carbonyl (C=O) groups excluding carboxylic acids is 2. The second kappa shape index (κ2) is 8.41. The molecular formula is C17H24N2O4. The van der Waals surface area contributed by atoms with Crippen LogP contribution in [0.1, 0.15) is 25.7 Å². The molecule has 1 aliphatic heterocycles. The van der Waals surface area contributed by atoms with E-state index >= 15 is 0 Å². The topological polar surface area (TPSA) is 81.9 Å². The van der Waals surface area contributed by atoms with E-state index in [0.29, 0.717) is 19.1 Å². The fraction of sp³-hybridized carbons (Fsp3) is 0.529. The molecule has 6 heteroatoms. The minimum Gasteiger partial charge on any atom is -0.497 e. The molecule has 23 heavy (non-hydrogen) atoms. The summed E-state index contributed by atoms with van der Waals surface area (Å²) in [4.78, 5) is 24.6. The number of amides is 2. The van der Waals surface area contributed by atoms with Crippen molar-refractivity contribution in [1.29, 1.82) is 0 Å². The van der Waals surface area contributed by atoms with E-state index in [1.165, 1.54) is 0 Å². The molecule has 0 bridgehead atoms. The first kappa shape index (κ1) is 17.1. The number of nitrogens with zero attached hydrogens (tertiary/aromatic N) is 1. The molecule has 0 aliphatic carbocycles. The van der Waals surface area contributed by atoms with Crippen LogP contribution >= 0.6 is 0 Å².